The molecule has 4 aromatic carbocycles. The molecule has 3 nitrogen and oxygen atoms in total. The van der Waals surface area contributed by atoms with Crippen LogP contribution in [0.15, 0.2) is 89.9 Å². The Bertz CT molecular complexity index is 1140. The maximum absolute atomic E-state index is 5.00. The lowest BCUT2D eigenvalue weighted by Crippen LogP contribution is -2.34. The molecule has 1 aliphatic rings. The van der Waals surface area contributed by atoms with Gasteiger partial charge in [-0.3, -0.25) is 5.01 Å². The SMILES string of the molecule is CN1NC(c2ccc3ccccc3c2)N=C1c1cccc2ccccc12. The lowest BCUT2D eigenvalue weighted by atomic mass is 10.0. The molecular formula is C23H19N3. The third-order valence-electron chi connectivity index (χ3n) is 5.00. The van der Waals surface area contributed by atoms with Crippen molar-refractivity contribution in [2.24, 2.45) is 4.99 Å². The molecule has 126 valence electrons. The molecule has 0 spiro atoms. The summed E-state index contributed by atoms with van der Waals surface area (Å²) in [5.41, 5.74) is 5.80. The second kappa shape index (κ2) is 5.97. The third kappa shape index (κ3) is 2.45. The second-order valence-electron chi connectivity index (χ2n) is 6.68. The fourth-order valence-corrected chi connectivity index (χ4v) is 3.68. The average Bonchev–Trinajstić information content (AvgIpc) is 3.08. The normalized spacial score (nSPS) is 17.0. The van der Waals surface area contributed by atoms with Gasteiger partial charge in [0.15, 0.2) is 0 Å². The predicted octanol–water partition coefficient (Wildman–Crippen LogP) is 4.89. The quantitative estimate of drug-likeness (QED) is 0.564. The highest BCUT2D eigenvalue weighted by Gasteiger charge is 2.25. The minimum atomic E-state index is -0.0708. The first-order chi connectivity index (χ1) is 12.8. The summed E-state index contributed by atoms with van der Waals surface area (Å²) in [4.78, 5) is 5.00. The standard InChI is InChI=1S/C23H19N3/c1-26-23(21-12-6-10-17-8-4-5-11-20(17)21)24-22(25-26)19-14-13-16-7-2-3-9-18(16)15-19/h2-15,22,25H,1H3. The van der Waals surface area contributed by atoms with Gasteiger partial charge in [0.2, 0.25) is 0 Å². The van der Waals surface area contributed by atoms with E-state index in [-0.39, 0.29) is 6.17 Å². The summed E-state index contributed by atoms with van der Waals surface area (Å²) in [6.45, 7) is 0. The first-order valence-corrected chi connectivity index (χ1v) is 8.84. The Morgan fingerprint density at radius 1 is 0.769 bits per heavy atom. The Morgan fingerprint density at radius 2 is 1.50 bits per heavy atom. The van der Waals surface area contributed by atoms with Crippen LogP contribution in [0.1, 0.15) is 17.3 Å². The molecule has 1 heterocycles. The number of hydrogen-bond acceptors (Lipinski definition) is 3. The lowest BCUT2D eigenvalue weighted by Gasteiger charge is -2.17. The summed E-state index contributed by atoms with van der Waals surface area (Å²) in [6.07, 6.45) is -0.0708. The molecule has 0 aromatic heterocycles. The van der Waals surface area contributed by atoms with Gasteiger partial charge in [-0.25, -0.2) is 10.4 Å². The van der Waals surface area contributed by atoms with E-state index in [1.165, 1.54) is 27.1 Å². The van der Waals surface area contributed by atoms with Gasteiger partial charge >= 0.3 is 0 Å². The average molecular weight is 337 g/mol. The van der Waals surface area contributed by atoms with E-state index in [9.17, 15) is 0 Å². The zero-order valence-electron chi connectivity index (χ0n) is 14.6. The van der Waals surface area contributed by atoms with Crippen molar-refractivity contribution in [1.29, 1.82) is 0 Å². The van der Waals surface area contributed by atoms with E-state index in [0.29, 0.717) is 0 Å². The summed E-state index contributed by atoms with van der Waals surface area (Å²) in [7, 11) is 2.03. The van der Waals surface area contributed by atoms with Gasteiger partial charge in [-0.05, 0) is 33.2 Å². The van der Waals surface area contributed by atoms with E-state index in [1.807, 2.05) is 12.1 Å². The summed E-state index contributed by atoms with van der Waals surface area (Å²) < 4.78 is 0. The molecule has 26 heavy (non-hydrogen) atoms. The number of benzene rings is 4. The van der Waals surface area contributed by atoms with Crippen molar-refractivity contribution in [2.45, 2.75) is 6.17 Å². The zero-order valence-corrected chi connectivity index (χ0v) is 14.6. The van der Waals surface area contributed by atoms with E-state index in [0.717, 1.165) is 11.4 Å². The summed E-state index contributed by atoms with van der Waals surface area (Å²) >= 11 is 0. The maximum atomic E-state index is 5.00. The van der Waals surface area contributed by atoms with Crippen LogP contribution in [-0.4, -0.2) is 17.9 Å². The summed E-state index contributed by atoms with van der Waals surface area (Å²) in [5.74, 6) is 0.972. The number of nitrogens with one attached hydrogen (secondary N) is 1. The molecule has 0 aliphatic carbocycles. The van der Waals surface area contributed by atoms with E-state index in [1.54, 1.807) is 0 Å². The number of rotatable bonds is 2. The van der Waals surface area contributed by atoms with Crippen molar-refractivity contribution in [3.8, 4) is 0 Å². The molecular weight excluding hydrogens is 318 g/mol. The Labute approximate surface area is 152 Å². The van der Waals surface area contributed by atoms with Crippen LogP contribution in [0.4, 0.5) is 0 Å². The molecule has 1 aliphatic heterocycles. The van der Waals surface area contributed by atoms with Crippen LogP contribution in [0.5, 0.6) is 0 Å². The summed E-state index contributed by atoms with van der Waals surface area (Å²) in [6, 6.07) is 29.8. The van der Waals surface area contributed by atoms with E-state index in [4.69, 9.17) is 4.99 Å². The molecule has 0 saturated heterocycles. The maximum Gasteiger partial charge on any atom is 0.147 e. The van der Waals surface area contributed by atoms with Crippen molar-refractivity contribution in [3.63, 3.8) is 0 Å². The molecule has 1 atom stereocenters. The van der Waals surface area contributed by atoms with Crippen LogP contribution in [0, 0.1) is 0 Å². The van der Waals surface area contributed by atoms with Gasteiger partial charge in [0.25, 0.3) is 0 Å². The Hall–Kier alpha value is -3.17. The molecule has 5 rings (SSSR count). The van der Waals surface area contributed by atoms with E-state index < -0.39 is 0 Å². The molecule has 0 bridgehead atoms. The second-order valence-corrected chi connectivity index (χ2v) is 6.68. The van der Waals surface area contributed by atoms with Gasteiger partial charge in [-0.2, -0.15) is 0 Å². The zero-order chi connectivity index (χ0) is 17.5. The molecule has 0 amide bonds. The molecule has 0 saturated carbocycles. The lowest BCUT2D eigenvalue weighted by molar-refractivity contribution is 0.354. The first kappa shape index (κ1) is 15.1. The number of hydrogen-bond donors (Lipinski definition) is 1. The monoisotopic (exact) mass is 337 g/mol. The molecule has 1 unspecified atom stereocenters. The van der Waals surface area contributed by atoms with Crippen molar-refractivity contribution in [3.05, 3.63) is 96.1 Å². The topological polar surface area (TPSA) is 27.6 Å². The van der Waals surface area contributed by atoms with Crippen molar-refractivity contribution in [2.75, 3.05) is 7.05 Å². The van der Waals surface area contributed by atoms with Gasteiger partial charge in [-0.1, -0.05) is 78.9 Å². The highest BCUT2D eigenvalue weighted by molar-refractivity contribution is 6.10. The van der Waals surface area contributed by atoms with Crippen LogP contribution in [0.2, 0.25) is 0 Å². The number of hydrazine groups is 1. The van der Waals surface area contributed by atoms with Crippen molar-refractivity contribution >= 4 is 27.4 Å². The minimum Gasteiger partial charge on any atom is -0.293 e. The molecule has 0 fully saturated rings. The van der Waals surface area contributed by atoms with Crippen LogP contribution in [-0.2, 0) is 0 Å². The minimum absolute atomic E-state index is 0.0708. The Morgan fingerprint density at radius 3 is 2.38 bits per heavy atom. The highest BCUT2D eigenvalue weighted by Crippen LogP contribution is 2.28. The fourth-order valence-electron chi connectivity index (χ4n) is 3.68. The van der Waals surface area contributed by atoms with E-state index >= 15 is 0 Å². The third-order valence-corrected chi connectivity index (χ3v) is 5.00. The smallest absolute Gasteiger partial charge is 0.147 e. The number of aliphatic imine (C=N–C) groups is 1. The van der Waals surface area contributed by atoms with Crippen LogP contribution < -0.4 is 5.43 Å². The molecule has 4 aromatic rings. The van der Waals surface area contributed by atoms with Gasteiger partial charge in [0, 0.05) is 12.6 Å². The number of fused-ring (bicyclic) bond motifs is 2. The van der Waals surface area contributed by atoms with Crippen molar-refractivity contribution in [1.82, 2.24) is 10.4 Å². The van der Waals surface area contributed by atoms with Gasteiger partial charge in [-0.15, -0.1) is 0 Å². The summed E-state index contributed by atoms with van der Waals surface area (Å²) in [5, 5.41) is 6.97. The van der Waals surface area contributed by atoms with Crippen LogP contribution >= 0.6 is 0 Å². The van der Waals surface area contributed by atoms with Gasteiger partial charge in [0.05, 0.1) is 0 Å². The fraction of sp³-hybridized carbons (Fsp3) is 0.0870. The Balaban J connectivity index is 1.59. The molecule has 1 N–H and O–H groups in total. The van der Waals surface area contributed by atoms with Crippen molar-refractivity contribution < 1.29 is 0 Å². The molecule has 3 heteroatoms. The Kier molecular flexibility index (Phi) is 3.47. The number of amidine groups is 1. The van der Waals surface area contributed by atoms with E-state index in [2.05, 4.69) is 90.4 Å². The highest BCUT2D eigenvalue weighted by atomic mass is 15.6. The first-order valence-electron chi connectivity index (χ1n) is 8.84. The number of nitrogens with zero attached hydrogens (tertiary/aromatic N) is 2. The van der Waals surface area contributed by atoms with Crippen LogP contribution in [0.25, 0.3) is 21.5 Å². The van der Waals surface area contributed by atoms with Gasteiger partial charge in [0.1, 0.15) is 12.0 Å². The largest absolute Gasteiger partial charge is 0.293 e. The van der Waals surface area contributed by atoms with Crippen LogP contribution in [0.3, 0.4) is 0 Å². The molecule has 0 radical (unpaired) electrons. The predicted molar refractivity (Wildman–Crippen MR) is 108 cm³/mol. The van der Waals surface area contributed by atoms with Gasteiger partial charge < -0.3 is 0 Å².